The van der Waals surface area contributed by atoms with Gasteiger partial charge in [-0.2, -0.15) is 0 Å². The summed E-state index contributed by atoms with van der Waals surface area (Å²) in [6.45, 7) is 39.8. The molecule has 0 spiro atoms. The first-order valence-corrected chi connectivity index (χ1v) is 41.2. The van der Waals surface area contributed by atoms with Gasteiger partial charge in [0.25, 0.3) is 0 Å². The van der Waals surface area contributed by atoms with Crippen LogP contribution in [-0.4, -0.2) is 88.7 Å². The van der Waals surface area contributed by atoms with Crippen molar-refractivity contribution in [1.82, 2.24) is 26.6 Å². The normalized spacial score (nSPS) is 28.0. The number of hydrogen-bond acceptors (Lipinski definition) is 10. The van der Waals surface area contributed by atoms with Crippen LogP contribution in [-0.2, 0) is 43.1 Å². The highest BCUT2D eigenvalue weighted by atomic mass is 16.6. The van der Waals surface area contributed by atoms with Crippen molar-refractivity contribution < 1.29 is 47.9 Å². The number of carbonyl (C=O) groups is 9. The summed E-state index contributed by atoms with van der Waals surface area (Å²) >= 11 is 0. The number of hydrogen-bond donors (Lipinski definition) is 5. The molecule has 5 amide bonds. The highest BCUT2D eigenvalue weighted by Crippen LogP contribution is 2.34. The first kappa shape index (κ1) is 94.3. The Morgan fingerprint density at radius 1 is 0.505 bits per heavy atom. The highest BCUT2D eigenvalue weighted by Gasteiger charge is 2.45. The lowest BCUT2D eigenvalue weighted by Crippen LogP contribution is -2.65. The summed E-state index contributed by atoms with van der Waals surface area (Å²) in [4.78, 5) is 101. The average Bonchev–Trinajstić information content (AvgIpc) is 0.789. The van der Waals surface area contributed by atoms with E-state index < -0.39 is 11.7 Å². The van der Waals surface area contributed by atoms with Crippen molar-refractivity contribution in [2.45, 2.75) is 392 Å². The third-order valence-corrected chi connectivity index (χ3v) is 23.4. The van der Waals surface area contributed by atoms with Gasteiger partial charge in [-0.15, -0.1) is 0 Å². The summed E-state index contributed by atoms with van der Waals surface area (Å²) < 4.78 is 5.15. The lowest BCUT2D eigenvalue weighted by molar-refractivity contribution is -0.140. The van der Waals surface area contributed by atoms with E-state index in [9.17, 15) is 43.2 Å². The average molecular weight is 1420 g/mol. The molecule has 0 aromatic carbocycles. The summed E-state index contributed by atoms with van der Waals surface area (Å²) in [5.74, 6) is 6.18. The molecule has 15 heteroatoms. The minimum Gasteiger partial charge on any atom is -0.444 e. The number of alkyl carbamates (subject to hydrolysis) is 1. The van der Waals surface area contributed by atoms with Gasteiger partial charge in [0.2, 0.25) is 23.6 Å². The zero-order chi connectivity index (χ0) is 76.3. The molecule has 4 aliphatic carbocycles. The SMILES string of the molecule is CCC(C)(C)C(CNC(=O)OC(C)(C)C)C(C)=O.CCC1C(=O)NC1(C)C.CC[C@@H](C)[C@H](CC)C(C)=O.CC[C@@H]1C(=O)N[C@H]1C.CC[C@@H]1CC/C=C\CCC1C(C)=O.CC[C@@H]1CCCCCCCCCCC1C(C)=O.O=C1N[C@@H]2CC/C=C\CCC12.O=C1N[C@@H]2CCCCCCCCCCC12. The molecule has 4 saturated heterocycles. The van der Waals surface area contributed by atoms with Crippen molar-refractivity contribution in [2.75, 3.05) is 6.54 Å². The summed E-state index contributed by atoms with van der Waals surface area (Å²) in [5.41, 5.74) is -0.581. The third-order valence-electron chi connectivity index (χ3n) is 23.4. The molecule has 6 fully saturated rings. The van der Waals surface area contributed by atoms with E-state index in [-0.39, 0.29) is 46.3 Å². The Morgan fingerprint density at radius 3 is 1.31 bits per heavy atom. The Morgan fingerprint density at radius 2 is 0.941 bits per heavy atom. The van der Waals surface area contributed by atoms with Crippen molar-refractivity contribution in [3.05, 3.63) is 24.3 Å². The van der Waals surface area contributed by atoms with Gasteiger partial charge in [0.15, 0.2) is 0 Å². The predicted molar refractivity (Wildman–Crippen MR) is 418 cm³/mol. The van der Waals surface area contributed by atoms with Gasteiger partial charge in [-0.05, 0) is 189 Å². The first-order valence-electron chi connectivity index (χ1n) is 41.2. The maximum atomic E-state index is 11.8. The van der Waals surface area contributed by atoms with Gasteiger partial charge in [0, 0.05) is 53.9 Å². The van der Waals surface area contributed by atoms with Gasteiger partial charge >= 0.3 is 6.09 Å². The fraction of sp³-hybridized carbons (Fsp3) is 0.849. The van der Waals surface area contributed by atoms with E-state index in [1.165, 1.54) is 128 Å². The fourth-order valence-corrected chi connectivity index (χ4v) is 15.9. The standard InChI is InChI=1S/C16H30O.C14H27NO3.C13H23NO.C12H20O.C9H13NO.C9H18O.C7H13NO.C6H11NO/c1-3-15-12-10-8-6-4-5-7-9-11-13-16(15)14(2)17;1-8-14(6,7)11(10(2)16)9-15-12(17)18-13(3,4)5;15-13-11-9-7-5-3-1-2-4-6-8-10-12(11)14-13;1-3-11-8-6-4-5-7-9-12(11)10(2)13;11-9-7-5-3-1-2-4-6-8(7)10-9;1-5-7(3)9(6-2)8(4)10;1-4-5-6(9)8-7(5,2)3;1-3-5-4(2)7-6(5)8/h15-16H,3-13H2,1-2H3;11H,8-9H2,1-7H3,(H,15,17);11-12H,1-10H2,(H,14,15);4-5,11-12H,3,6-9H2,1-2H3;1-2,7-8H,3-6H2,(H,10,11);7,9H,5-6H2,1-4H3;5H,4H2,1-3H3,(H,8,9);4-5H,3H2,1-2H3,(H,7,8)/b;;;5-4-;2-1-;;;/t15-,16?;;11?,12-;11-,12?;7?,8-;7-,9+;;4-,5-/m1.1111.0/s1. The minimum atomic E-state index is -0.518. The van der Waals surface area contributed by atoms with Gasteiger partial charge in [-0.3, -0.25) is 38.4 Å². The molecule has 0 radical (unpaired) electrons. The second kappa shape index (κ2) is 51.5. The molecular weight excluding hydrogens is 1260 g/mol. The molecule has 8 rings (SSSR count). The number of nitrogens with one attached hydrogen (secondary N) is 5. The number of β-lactam (4-membered cyclic amide) rings is 4. The summed E-state index contributed by atoms with van der Waals surface area (Å²) in [6, 6.07) is 1.44. The Balaban J connectivity index is 0.000000584. The van der Waals surface area contributed by atoms with Crippen molar-refractivity contribution >= 4 is 52.9 Å². The molecule has 5 N–H and O–H groups in total. The molecular formula is C86H155N5O10. The summed E-state index contributed by atoms with van der Waals surface area (Å²) in [5, 5.41) is 14.3. The molecule has 0 bridgehead atoms. The molecule has 14 atom stereocenters. The molecule has 584 valence electrons. The summed E-state index contributed by atoms with van der Waals surface area (Å²) in [6.07, 6.45) is 51.1. The second-order valence-electron chi connectivity index (χ2n) is 33.2. The van der Waals surface area contributed by atoms with E-state index in [1.54, 1.807) is 27.7 Å². The number of carbonyl (C=O) groups excluding carboxylic acids is 9. The zero-order valence-electron chi connectivity index (χ0n) is 68.4. The fourth-order valence-electron chi connectivity index (χ4n) is 15.9. The van der Waals surface area contributed by atoms with Gasteiger partial charge in [-0.25, -0.2) is 4.79 Å². The van der Waals surface area contributed by atoms with Gasteiger partial charge in [-0.1, -0.05) is 222 Å². The van der Waals surface area contributed by atoms with E-state index in [4.69, 9.17) is 4.74 Å². The van der Waals surface area contributed by atoms with Crippen LogP contribution in [0.4, 0.5) is 4.79 Å². The van der Waals surface area contributed by atoms with Crippen LogP contribution in [0.15, 0.2) is 24.3 Å². The topological polar surface area (TPSA) is 223 Å². The number of rotatable bonds is 15. The first-order chi connectivity index (χ1) is 47.7. The van der Waals surface area contributed by atoms with Gasteiger partial charge in [0.05, 0.1) is 23.7 Å². The van der Waals surface area contributed by atoms with Crippen LogP contribution in [0.2, 0.25) is 0 Å². The number of allylic oxidation sites excluding steroid dienone is 4. The van der Waals surface area contributed by atoms with Crippen molar-refractivity contribution in [3.63, 3.8) is 0 Å². The number of Topliss-reactive ketones (excluding diaryl/α,β-unsaturated/α-hetero) is 4. The van der Waals surface area contributed by atoms with Crippen molar-refractivity contribution in [3.8, 4) is 0 Å². The van der Waals surface area contributed by atoms with Crippen LogP contribution in [0, 0.1) is 70.5 Å². The van der Waals surface area contributed by atoms with Gasteiger partial charge in [0.1, 0.15) is 28.7 Å². The van der Waals surface area contributed by atoms with Gasteiger partial charge < -0.3 is 31.3 Å². The summed E-state index contributed by atoms with van der Waals surface area (Å²) in [7, 11) is 0. The van der Waals surface area contributed by atoms with Crippen molar-refractivity contribution in [2.24, 2.45) is 70.5 Å². The number of amides is 5. The molecule has 15 nitrogen and oxygen atoms in total. The molecule has 0 aromatic rings. The van der Waals surface area contributed by atoms with E-state index >= 15 is 0 Å². The lowest BCUT2D eigenvalue weighted by Gasteiger charge is -2.43. The van der Waals surface area contributed by atoms with E-state index in [2.05, 4.69) is 99.4 Å². The number of ether oxygens (including phenoxy) is 1. The molecule has 4 heterocycles. The maximum absolute atomic E-state index is 11.8. The molecule has 2 saturated carbocycles. The number of ketones is 4. The smallest absolute Gasteiger partial charge is 0.407 e. The van der Waals surface area contributed by atoms with E-state index in [0.29, 0.717) is 101 Å². The molecule has 8 aliphatic rings. The highest BCUT2D eigenvalue weighted by molar-refractivity contribution is 5.88. The Kier molecular flexibility index (Phi) is 48.1. The van der Waals surface area contributed by atoms with Crippen LogP contribution in [0.5, 0.6) is 0 Å². The lowest BCUT2D eigenvalue weighted by atomic mass is 9.75. The van der Waals surface area contributed by atoms with Crippen LogP contribution >= 0.6 is 0 Å². The van der Waals surface area contributed by atoms with Crippen LogP contribution < -0.4 is 26.6 Å². The largest absolute Gasteiger partial charge is 0.444 e. The van der Waals surface area contributed by atoms with Crippen LogP contribution in [0.3, 0.4) is 0 Å². The van der Waals surface area contributed by atoms with Crippen molar-refractivity contribution in [1.29, 1.82) is 0 Å². The Hall–Kier alpha value is -4.69. The monoisotopic (exact) mass is 1420 g/mol. The molecule has 0 aromatic heterocycles. The molecule has 101 heavy (non-hydrogen) atoms. The number of fused-ring (bicyclic) bond motifs is 2. The zero-order valence-corrected chi connectivity index (χ0v) is 68.4. The van der Waals surface area contributed by atoms with Crippen LogP contribution in [0.1, 0.15) is 363 Å². The van der Waals surface area contributed by atoms with E-state index in [0.717, 1.165) is 96.3 Å². The molecule has 6 unspecified atom stereocenters. The predicted octanol–water partition coefficient (Wildman–Crippen LogP) is 20.0. The third kappa shape index (κ3) is 37.2. The van der Waals surface area contributed by atoms with E-state index in [1.807, 2.05) is 62.3 Å². The maximum Gasteiger partial charge on any atom is 0.407 e. The Bertz CT molecular complexity index is 2460. The van der Waals surface area contributed by atoms with Crippen LogP contribution in [0.25, 0.3) is 0 Å². The second-order valence-corrected chi connectivity index (χ2v) is 33.2. The Labute approximate surface area is 618 Å². The minimum absolute atomic E-state index is 0.0613. The quantitative estimate of drug-likeness (QED) is 0.0770. The molecule has 4 aliphatic heterocycles.